The maximum Gasteiger partial charge on any atom is 0.335 e. The molecular weight excluding hydrogens is 530 g/mol. The van der Waals surface area contributed by atoms with Crippen molar-refractivity contribution in [1.29, 1.82) is 0 Å². The number of carboxylic acids is 3. The second-order valence-corrected chi connectivity index (χ2v) is 10.5. The Morgan fingerprint density at radius 2 is 1.34 bits per heavy atom. The van der Waals surface area contributed by atoms with Crippen LogP contribution in [0.1, 0.15) is 112 Å². The number of hydrogen-bond donors (Lipinski definition) is 6. The van der Waals surface area contributed by atoms with Crippen LogP contribution in [-0.4, -0.2) is 63.7 Å². The Morgan fingerprint density at radius 3 is 1.95 bits per heavy atom. The van der Waals surface area contributed by atoms with Gasteiger partial charge in [-0.3, -0.25) is 14.4 Å². The summed E-state index contributed by atoms with van der Waals surface area (Å²) in [5, 5.41) is 32.4. The van der Waals surface area contributed by atoms with Gasteiger partial charge in [0.25, 0.3) is 0 Å². The fourth-order valence-corrected chi connectivity index (χ4v) is 4.44. The molecule has 1 unspecified atom stereocenters. The number of nitrogens with two attached hydrogens (primary N) is 1. The molecule has 41 heavy (non-hydrogen) atoms. The summed E-state index contributed by atoms with van der Waals surface area (Å²) in [6.45, 7) is 0.348. The zero-order chi connectivity index (χ0) is 30.5. The molecule has 0 aliphatic heterocycles. The molecular formula is C30H47N3O8. The number of carboxylic acid groups (broad SMARTS) is 3. The van der Waals surface area contributed by atoms with E-state index in [1.165, 1.54) is 0 Å². The van der Waals surface area contributed by atoms with Crippen LogP contribution in [0.25, 0.3) is 0 Å². The van der Waals surface area contributed by atoms with Crippen molar-refractivity contribution in [2.24, 2.45) is 5.73 Å². The van der Waals surface area contributed by atoms with Crippen molar-refractivity contribution >= 4 is 29.7 Å². The Labute approximate surface area is 242 Å². The summed E-state index contributed by atoms with van der Waals surface area (Å²) in [4.78, 5) is 57.4. The first-order valence-electron chi connectivity index (χ1n) is 14.7. The minimum atomic E-state index is -1.18. The highest BCUT2D eigenvalue weighted by Crippen LogP contribution is 2.14. The average Bonchev–Trinajstić information content (AvgIpc) is 2.93. The van der Waals surface area contributed by atoms with E-state index in [0.29, 0.717) is 37.8 Å². The summed E-state index contributed by atoms with van der Waals surface area (Å²) in [6, 6.07) is 5.04. The standard InChI is InChI=1S/C30H47N3O8/c31-24(29(38)39)16-10-11-20-32-26(34)19-18-25(30(40)41)33-27(35)17-9-7-5-3-1-2-4-6-8-13-22-14-12-15-23(21-22)28(36)37/h12,14-15,21,24-25H,1-11,13,16-20,31H2,(H,32,34)(H,33,35)(H,36,37)(H,38,39)(H,40,41)/t24?,25-/m0/s1. The van der Waals surface area contributed by atoms with Crippen molar-refractivity contribution in [3.8, 4) is 0 Å². The lowest BCUT2D eigenvalue weighted by Gasteiger charge is -2.14. The predicted octanol–water partition coefficient (Wildman–Crippen LogP) is 3.88. The molecule has 11 nitrogen and oxygen atoms in total. The van der Waals surface area contributed by atoms with Gasteiger partial charge in [0.1, 0.15) is 12.1 Å². The highest BCUT2D eigenvalue weighted by atomic mass is 16.4. The number of aliphatic carboxylic acids is 2. The van der Waals surface area contributed by atoms with E-state index in [2.05, 4.69) is 10.6 Å². The largest absolute Gasteiger partial charge is 0.480 e. The molecule has 0 aliphatic carbocycles. The number of benzene rings is 1. The van der Waals surface area contributed by atoms with Crippen molar-refractivity contribution in [1.82, 2.24) is 10.6 Å². The Morgan fingerprint density at radius 1 is 0.707 bits per heavy atom. The lowest BCUT2D eigenvalue weighted by atomic mass is 10.0. The SMILES string of the molecule is NC(CCCCNC(=O)CC[C@H](NC(=O)CCCCCCCCCCCc1cccc(C(=O)O)c1)C(=O)O)C(=O)O. The Balaban J connectivity index is 2.05. The minimum Gasteiger partial charge on any atom is -0.480 e. The van der Waals surface area contributed by atoms with E-state index in [0.717, 1.165) is 63.4 Å². The van der Waals surface area contributed by atoms with Crippen LogP contribution in [0.2, 0.25) is 0 Å². The number of unbranched alkanes of at least 4 members (excludes halogenated alkanes) is 9. The van der Waals surface area contributed by atoms with Crippen molar-refractivity contribution < 1.29 is 39.3 Å². The third kappa shape index (κ3) is 17.8. The normalized spacial score (nSPS) is 12.3. The number of aromatic carboxylic acids is 1. The first-order chi connectivity index (χ1) is 19.6. The van der Waals surface area contributed by atoms with E-state index in [-0.39, 0.29) is 31.1 Å². The third-order valence-electron chi connectivity index (χ3n) is 6.92. The van der Waals surface area contributed by atoms with Crippen LogP contribution in [-0.2, 0) is 25.6 Å². The van der Waals surface area contributed by atoms with Crippen molar-refractivity contribution in [2.45, 2.75) is 115 Å². The molecule has 1 aromatic carbocycles. The van der Waals surface area contributed by atoms with Crippen LogP contribution in [0.5, 0.6) is 0 Å². The molecule has 2 atom stereocenters. The summed E-state index contributed by atoms with van der Waals surface area (Å²) in [5.41, 5.74) is 6.80. The van der Waals surface area contributed by atoms with Crippen LogP contribution >= 0.6 is 0 Å². The highest BCUT2D eigenvalue weighted by molar-refractivity contribution is 5.87. The summed E-state index contributed by atoms with van der Waals surface area (Å²) in [6.07, 6.45) is 11.7. The van der Waals surface area contributed by atoms with Gasteiger partial charge >= 0.3 is 17.9 Å². The van der Waals surface area contributed by atoms with Gasteiger partial charge in [0, 0.05) is 19.4 Å². The number of amides is 2. The van der Waals surface area contributed by atoms with Gasteiger partial charge in [-0.05, 0) is 62.6 Å². The second-order valence-electron chi connectivity index (χ2n) is 10.5. The van der Waals surface area contributed by atoms with E-state index in [9.17, 15) is 29.1 Å². The highest BCUT2D eigenvalue weighted by Gasteiger charge is 2.20. The number of carbonyl (C=O) groups excluding carboxylic acids is 2. The molecule has 0 radical (unpaired) electrons. The third-order valence-corrected chi connectivity index (χ3v) is 6.92. The van der Waals surface area contributed by atoms with Gasteiger partial charge < -0.3 is 31.7 Å². The molecule has 1 aromatic rings. The predicted molar refractivity (Wildman–Crippen MR) is 155 cm³/mol. The molecule has 0 spiro atoms. The molecule has 0 fully saturated rings. The summed E-state index contributed by atoms with van der Waals surface area (Å²) in [7, 11) is 0. The van der Waals surface area contributed by atoms with E-state index in [4.69, 9.17) is 15.9 Å². The maximum atomic E-state index is 12.2. The van der Waals surface area contributed by atoms with Gasteiger partial charge in [0.05, 0.1) is 5.56 Å². The molecule has 0 heterocycles. The summed E-state index contributed by atoms with van der Waals surface area (Å²) in [5.74, 6) is -3.79. The number of rotatable bonds is 24. The van der Waals surface area contributed by atoms with Gasteiger partial charge in [-0.25, -0.2) is 9.59 Å². The molecule has 0 bridgehead atoms. The van der Waals surface area contributed by atoms with Crippen molar-refractivity contribution in [2.75, 3.05) is 6.54 Å². The molecule has 0 aromatic heterocycles. The quantitative estimate of drug-likeness (QED) is 0.0988. The molecule has 11 heteroatoms. The minimum absolute atomic E-state index is 0.00842. The lowest BCUT2D eigenvalue weighted by Crippen LogP contribution is -2.41. The van der Waals surface area contributed by atoms with Gasteiger partial charge in [-0.1, -0.05) is 57.1 Å². The molecule has 1 rings (SSSR count). The number of aryl methyl sites for hydroxylation is 1. The van der Waals surface area contributed by atoms with Crippen LogP contribution in [0, 0.1) is 0 Å². The van der Waals surface area contributed by atoms with Crippen molar-refractivity contribution in [3.63, 3.8) is 0 Å². The van der Waals surface area contributed by atoms with Gasteiger partial charge in [0.15, 0.2) is 0 Å². The first-order valence-corrected chi connectivity index (χ1v) is 14.7. The molecule has 0 aliphatic rings. The Hall–Kier alpha value is -3.47. The maximum absolute atomic E-state index is 12.2. The van der Waals surface area contributed by atoms with Gasteiger partial charge in [-0.2, -0.15) is 0 Å². The molecule has 7 N–H and O–H groups in total. The number of nitrogens with one attached hydrogen (secondary N) is 2. The van der Waals surface area contributed by atoms with Crippen LogP contribution in [0.3, 0.4) is 0 Å². The molecule has 0 saturated heterocycles. The lowest BCUT2D eigenvalue weighted by molar-refractivity contribution is -0.142. The molecule has 230 valence electrons. The summed E-state index contributed by atoms with van der Waals surface area (Å²) < 4.78 is 0. The summed E-state index contributed by atoms with van der Waals surface area (Å²) >= 11 is 0. The first kappa shape index (κ1) is 35.6. The Kier molecular flexibility index (Phi) is 18.5. The van der Waals surface area contributed by atoms with E-state index >= 15 is 0 Å². The van der Waals surface area contributed by atoms with Crippen LogP contribution < -0.4 is 16.4 Å². The number of hydrogen-bond acceptors (Lipinski definition) is 6. The van der Waals surface area contributed by atoms with Gasteiger partial charge in [0.2, 0.25) is 11.8 Å². The van der Waals surface area contributed by atoms with E-state index < -0.39 is 30.0 Å². The Bertz CT molecular complexity index is 969. The zero-order valence-electron chi connectivity index (χ0n) is 23.9. The number of carbonyl (C=O) groups is 5. The molecule has 0 saturated carbocycles. The topological polar surface area (TPSA) is 196 Å². The van der Waals surface area contributed by atoms with Gasteiger partial charge in [-0.15, -0.1) is 0 Å². The van der Waals surface area contributed by atoms with Crippen LogP contribution in [0.4, 0.5) is 0 Å². The van der Waals surface area contributed by atoms with E-state index in [1.807, 2.05) is 6.07 Å². The zero-order valence-corrected chi connectivity index (χ0v) is 23.9. The van der Waals surface area contributed by atoms with Crippen molar-refractivity contribution in [3.05, 3.63) is 35.4 Å². The second kappa shape index (κ2) is 21.3. The monoisotopic (exact) mass is 577 g/mol. The van der Waals surface area contributed by atoms with E-state index in [1.54, 1.807) is 18.2 Å². The smallest absolute Gasteiger partial charge is 0.335 e. The molecule has 2 amide bonds. The fraction of sp³-hybridized carbons (Fsp3) is 0.633. The fourth-order valence-electron chi connectivity index (χ4n) is 4.44. The average molecular weight is 578 g/mol. The van der Waals surface area contributed by atoms with Crippen LogP contribution in [0.15, 0.2) is 24.3 Å².